The minimum absolute atomic E-state index is 0.0826. The number of anilines is 1. The molecular weight excluding hydrogens is 394 g/mol. The minimum atomic E-state index is -0.203. The highest BCUT2D eigenvalue weighted by Gasteiger charge is 2.20. The summed E-state index contributed by atoms with van der Waals surface area (Å²) < 4.78 is 10.6. The number of amides is 1. The molecule has 1 unspecified atom stereocenters. The van der Waals surface area contributed by atoms with Gasteiger partial charge in [0.2, 0.25) is 11.0 Å². The maximum absolute atomic E-state index is 12.7. The van der Waals surface area contributed by atoms with Crippen molar-refractivity contribution in [3.63, 3.8) is 0 Å². The van der Waals surface area contributed by atoms with Crippen molar-refractivity contribution in [1.29, 1.82) is 0 Å². The summed E-state index contributed by atoms with van der Waals surface area (Å²) in [5.41, 5.74) is 0.798. The second-order valence-electron chi connectivity index (χ2n) is 5.80. The number of carbonyl (C=O) groups excluding carboxylic acids is 1. The zero-order chi connectivity index (χ0) is 19.9. The van der Waals surface area contributed by atoms with Gasteiger partial charge in [0.15, 0.2) is 5.01 Å². The minimum Gasteiger partial charge on any atom is -0.497 e. The van der Waals surface area contributed by atoms with Crippen LogP contribution in [0.5, 0.6) is 11.5 Å². The van der Waals surface area contributed by atoms with Crippen molar-refractivity contribution in [3.05, 3.63) is 48.5 Å². The van der Waals surface area contributed by atoms with Gasteiger partial charge in [-0.15, -0.1) is 22.0 Å². The van der Waals surface area contributed by atoms with Crippen molar-refractivity contribution < 1.29 is 14.3 Å². The van der Waals surface area contributed by atoms with Crippen LogP contribution < -0.4 is 14.8 Å². The average Bonchev–Trinajstić information content (AvgIpc) is 3.20. The number of thioether (sulfide) groups is 1. The van der Waals surface area contributed by atoms with Crippen LogP contribution in [0.25, 0.3) is 10.6 Å². The fourth-order valence-corrected chi connectivity index (χ4v) is 4.28. The van der Waals surface area contributed by atoms with Crippen molar-refractivity contribution in [1.82, 2.24) is 10.2 Å². The number of aromatic nitrogens is 2. The van der Waals surface area contributed by atoms with Crippen molar-refractivity contribution >= 4 is 34.1 Å². The predicted octanol–water partition coefficient (Wildman–Crippen LogP) is 4.73. The van der Waals surface area contributed by atoms with Gasteiger partial charge in [-0.25, -0.2) is 0 Å². The van der Waals surface area contributed by atoms with Crippen molar-refractivity contribution in [2.24, 2.45) is 0 Å². The zero-order valence-electron chi connectivity index (χ0n) is 15.8. The van der Waals surface area contributed by atoms with E-state index in [0.717, 1.165) is 10.5 Å². The van der Waals surface area contributed by atoms with Gasteiger partial charge < -0.3 is 9.47 Å². The largest absolute Gasteiger partial charge is 0.497 e. The summed E-state index contributed by atoms with van der Waals surface area (Å²) in [4.78, 5) is 13.7. The Morgan fingerprint density at radius 2 is 1.93 bits per heavy atom. The van der Waals surface area contributed by atoms with Crippen molar-refractivity contribution in [3.8, 4) is 22.1 Å². The van der Waals surface area contributed by atoms with E-state index in [-0.39, 0.29) is 11.2 Å². The van der Waals surface area contributed by atoms with E-state index >= 15 is 0 Å². The number of nitrogens with zero attached hydrogens (tertiary/aromatic N) is 2. The molecule has 1 heterocycles. The molecule has 3 rings (SSSR count). The Kier molecular flexibility index (Phi) is 6.89. The Morgan fingerprint density at radius 3 is 2.61 bits per heavy atom. The molecule has 0 aliphatic rings. The Labute approximate surface area is 172 Å². The molecule has 6 nitrogen and oxygen atoms in total. The smallest absolute Gasteiger partial charge is 0.239 e. The van der Waals surface area contributed by atoms with Crippen LogP contribution in [0.3, 0.4) is 0 Å². The first-order chi connectivity index (χ1) is 13.6. The van der Waals surface area contributed by atoms with Crippen LogP contribution in [0.15, 0.2) is 53.4 Å². The number of hydrogen-bond donors (Lipinski definition) is 1. The van der Waals surface area contributed by atoms with Crippen molar-refractivity contribution in [2.45, 2.75) is 23.5 Å². The standard InChI is InChI=1S/C20H21N3O3S2/c1-4-17(27-14-8-6-5-7-9-14)18(24)21-20-23-22-19(28-20)15-11-10-13(25-2)12-16(15)26-3/h5-12,17H,4H2,1-3H3,(H,21,23,24). The van der Waals surface area contributed by atoms with Gasteiger partial charge in [-0.1, -0.05) is 36.5 Å². The van der Waals surface area contributed by atoms with Crippen LogP contribution >= 0.6 is 23.1 Å². The average molecular weight is 416 g/mol. The van der Waals surface area contributed by atoms with Gasteiger partial charge in [-0.05, 0) is 30.7 Å². The highest BCUT2D eigenvalue weighted by molar-refractivity contribution is 8.00. The molecule has 0 radical (unpaired) electrons. The summed E-state index contributed by atoms with van der Waals surface area (Å²) in [7, 11) is 3.19. The number of ether oxygens (including phenoxy) is 2. The number of rotatable bonds is 8. The van der Waals surface area contributed by atoms with Gasteiger partial charge in [-0.2, -0.15) is 0 Å². The van der Waals surface area contributed by atoms with Crippen molar-refractivity contribution in [2.75, 3.05) is 19.5 Å². The summed E-state index contributed by atoms with van der Waals surface area (Å²) in [6, 6.07) is 15.4. The lowest BCUT2D eigenvalue weighted by molar-refractivity contribution is -0.115. The molecule has 0 fully saturated rings. The van der Waals surface area contributed by atoms with Gasteiger partial charge in [-0.3, -0.25) is 10.1 Å². The van der Waals surface area contributed by atoms with Crippen LogP contribution in [0, 0.1) is 0 Å². The second kappa shape index (κ2) is 9.57. The van der Waals surface area contributed by atoms with E-state index < -0.39 is 0 Å². The lowest BCUT2D eigenvalue weighted by atomic mass is 10.2. The number of methoxy groups -OCH3 is 2. The van der Waals surface area contributed by atoms with E-state index in [1.165, 1.54) is 23.1 Å². The third kappa shape index (κ3) is 4.82. The van der Waals surface area contributed by atoms with E-state index in [1.54, 1.807) is 20.3 Å². The predicted molar refractivity (Wildman–Crippen MR) is 113 cm³/mol. The maximum Gasteiger partial charge on any atom is 0.239 e. The molecule has 0 bridgehead atoms. The molecule has 146 valence electrons. The molecule has 0 spiro atoms. The summed E-state index contributed by atoms with van der Waals surface area (Å²) in [6.45, 7) is 1.99. The molecule has 1 amide bonds. The van der Waals surface area contributed by atoms with Gasteiger partial charge in [0, 0.05) is 11.0 Å². The fourth-order valence-electron chi connectivity index (χ4n) is 2.53. The highest BCUT2D eigenvalue weighted by Crippen LogP contribution is 2.36. The third-order valence-electron chi connectivity index (χ3n) is 3.98. The number of carbonyl (C=O) groups is 1. The van der Waals surface area contributed by atoms with Gasteiger partial charge in [0.1, 0.15) is 11.5 Å². The summed E-state index contributed by atoms with van der Waals surface area (Å²) in [5, 5.41) is 12.1. The zero-order valence-corrected chi connectivity index (χ0v) is 17.5. The van der Waals surface area contributed by atoms with E-state index in [1.807, 2.05) is 49.4 Å². The monoisotopic (exact) mass is 415 g/mol. The normalized spacial score (nSPS) is 11.7. The van der Waals surface area contributed by atoms with Crippen LogP contribution in [-0.4, -0.2) is 35.6 Å². The van der Waals surface area contributed by atoms with Crippen LogP contribution in [0.4, 0.5) is 5.13 Å². The summed E-state index contributed by atoms with van der Waals surface area (Å²) in [5.74, 6) is 1.25. The highest BCUT2D eigenvalue weighted by atomic mass is 32.2. The van der Waals surface area contributed by atoms with E-state index in [4.69, 9.17) is 9.47 Å². The molecule has 3 aromatic rings. The van der Waals surface area contributed by atoms with Crippen LogP contribution in [-0.2, 0) is 4.79 Å². The second-order valence-corrected chi connectivity index (χ2v) is 8.05. The number of hydrogen-bond acceptors (Lipinski definition) is 7. The van der Waals surface area contributed by atoms with E-state index in [2.05, 4.69) is 15.5 Å². The molecule has 1 N–H and O–H groups in total. The number of benzene rings is 2. The molecule has 1 aromatic heterocycles. The Balaban J connectivity index is 1.72. The Bertz CT molecular complexity index is 931. The first kappa shape index (κ1) is 20.2. The van der Waals surface area contributed by atoms with E-state index in [9.17, 15) is 4.79 Å². The fraction of sp³-hybridized carbons (Fsp3) is 0.250. The van der Waals surface area contributed by atoms with Crippen LogP contribution in [0.2, 0.25) is 0 Å². The molecule has 1 atom stereocenters. The molecule has 8 heteroatoms. The van der Waals surface area contributed by atoms with E-state index in [0.29, 0.717) is 28.1 Å². The quantitative estimate of drug-likeness (QED) is 0.536. The Morgan fingerprint density at radius 1 is 1.14 bits per heavy atom. The third-order valence-corrected chi connectivity index (χ3v) is 6.23. The van der Waals surface area contributed by atoms with Gasteiger partial charge in [0.25, 0.3) is 0 Å². The van der Waals surface area contributed by atoms with Gasteiger partial charge >= 0.3 is 0 Å². The lowest BCUT2D eigenvalue weighted by Crippen LogP contribution is -2.24. The molecule has 0 aliphatic carbocycles. The summed E-state index contributed by atoms with van der Waals surface area (Å²) in [6.07, 6.45) is 0.712. The topological polar surface area (TPSA) is 73.3 Å². The molecule has 2 aromatic carbocycles. The molecular formula is C20H21N3O3S2. The number of nitrogens with one attached hydrogen (secondary N) is 1. The molecule has 0 aliphatic heterocycles. The lowest BCUT2D eigenvalue weighted by Gasteiger charge is -2.13. The van der Waals surface area contributed by atoms with Crippen LogP contribution in [0.1, 0.15) is 13.3 Å². The molecule has 0 saturated carbocycles. The summed E-state index contributed by atoms with van der Waals surface area (Å²) >= 11 is 2.85. The Hall–Kier alpha value is -2.58. The van der Waals surface area contributed by atoms with Gasteiger partial charge in [0.05, 0.1) is 25.0 Å². The SMILES string of the molecule is CCC(Sc1ccccc1)C(=O)Nc1nnc(-c2ccc(OC)cc2OC)s1. The first-order valence-electron chi connectivity index (χ1n) is 8.73. The molecule has 0 saturated heterocycles. The molecule has 28 heavy (non-hydrogen) atoms. The first-order valence-corrected chi connectivity index (χ1v) is 10.4. The maximum atomic E-state index is 12.7.